The van der Waals surface area contributed by atoms with Crippen molar-refractivity contribution in [3.05, 3.63) is 35.9 Å². The number of carbonyl (C=O) groups is 1. The summed E-state index contributed by atoms with van der Waals surface area (Å²) < 4.78 is 5.19. The average Bonchev–Trinajstić information content (AvgIpc) is 2.29. The summed E-state index contributed by atoms with van der Waals surface area (Å²) in [5.74, 6) is 0. The number of carbonyl (C=O) groups excluding carboxylic acids is 1. The third kappa shape index (κ3) is 3.59. The Balaban J connectivity index is 3.10. The van der Waals surface area contributed by atoms with Gasteiger partial charge in [-0.3, -0.25) is 5.21 Å². The van der Waals surface area contributed by atoms with Crippen molar-refractivity contribution in [3.63, 3.8) is 0 Å². The topological polar surface area (TPSA) is 73.3 Å². The summed E-state index contributed by atoms with van der Waals surface area (Å²) in [6, 6.07) is 10.2. The normalized spacial score (nSPS) is 12.3. The quantitative estimate of drug-likeness (QED) is 0.272. The SMILES string of the molecule is CC(C)(C)OC(=O)[N+](O)=C(C#N)c1ccccc1. The summed E-state index contributed by atoms with van der Waals surface area (Å²) in [4.78, 5) is 11.6. The van der Waals surface area contributed by atoms with Crippen LogP contribution in [0.2, 0.25) is 0 Å². The first-order valence-electron chi connectivity index (χ1n) is 5.39. The van der Waals surface area contributed by atoms with E-state index in [0.29, 0.717) is 5.56 Å². The molecule has 0 aliphatic rings. The Morgan fingerprint density at radius 1 is 1.33 bits per heavy atom. The number of hydrogen-bond donors (Lipinski definition) is 1. The molecule has 18 heavy (non-hydrogen) atoms. The molecule has 1 N–H and O–H groups in total. The predicted molar refractivity (Wildman–Crippen MR) is 64.4 cm³/mol. The maximum Gasteiger partial charge on any atom is 0.647 e. The van der Waals surface area contributed by atoms with Crippen LogP contribution in [0.3, 0.4) is 0 Å². The minimum Gasteiger partial charge on any atom is -0.403 e. The molecular weight excluding hydrogens is 232 g/mol. The van der Waals surface area contributed by atoms with Gasteiger partial charge in [0.25, 0.3) is 0 Å². The predicted octanol–water partition coefficient (Wildman–Crippen LogP) is 2.34. The van der Waals surface area contributed by atoms with Crippen molar-refractivity contribution < 1.29 is 19.5 Å². The molecule has 0 atom stereocenters. The fourth-order valence-electron chi connectivity index (χ4n) is 1.23. The summed E-state index contributed by atoms with van der Waals surface area (Å²) in [5.41, 5.74) is -0.479. The van der Waals surface area contributed by atoms with Gasteiger partial charge in [0.05, 0.1) is 5.56 Å². The molecule has 0 spiro atoms. The van der Waals surface area contributed by atoms with E-state index in [2.05, 4.69) is 0 Å². The fourth-order valence-corrected chi connectivity index (χ4v) is 1.23. The zero-order valence-electron chi connectivity index (χ0n) is 10.5. The molecule has 94 valence electrons. The first-order chi connectivity index (χ1) is 8.35. The van der Waals surface area contributed by atoms with E-state index in [1.54, 1.807) is 57.2 Å². The van der Waals surface area contributed by atoms with E-state index in [0.717, 1.165) is 0 Å². The zero-order valence-corrected chi connectivity index (χ0v) is 10.5. The Morgan fingerprint density at radius 2 is 1.89 bits per heavy atom. The zero-order chi connectivity index (χ0) is 13.8. The number of nitriles is 1. The van der Waals surface area contributed by atoms with E-state index in [1.807, 2.05) is 0 Å². The van der Waals surface area contributed by atoms with Gasteiger partial charge >= 0.3 is 11.8 Å². The van der Waals surface area contributed by atoms with Crippen LogP contribution >= 0.6 is 0 Å². The monoisotopic (exact) mass is 247 g/mol. The summed E-state index contributed by atoms with van der Waals surface area (Å²) in [6.45, 7) is 5.02. The van der Waals surface area contributed by atoms with Gasteiger partial charge in [0.1, 0.15) is 10.3 Å². The average molecular weight is 247 g/mol. The van der Waals surface area contributed by atoms with E-state index in [-0.39, 0.29) is 10.5 Å². The van der Waals surface area contributed by atoms with Gasteiger partial charge in [-0.2, -0.15) is 10.1 Å². The van der Waals surface area contributed by atoms with E-state index >= 15 is 0 Å². The number of hydrogen-bond acceptors (Lipinski definition) is 4. The number of nitrogens with zero attached hydrogens (tertiary/aromatic N) is 2. The molecule has 5 heteroatoms. The van der Waals surface area contributed by atoms with Crippen molar-refractivity contribution in [1.29, 1.82) is 5.26 Å². The van der Waals surface area contributed by atoms with E-state index in [1.165, 1.54) is 0 Å². The summed E-state index contributed by atoms with van der Waals surface area (Å²) in [6.07, 6.45) is -0.983. The highest BCUT2D eigenvalue weighted by Gasteiger charge is 2.31. The van der Waals surface area contributed by atoms with Gasteiger partial charge < -0.3 is 4.74 Å². The maximum absolute atomic E-state index is 11.6. The largest absolute Gasteiger partial charge is 0.647 e. The molecule has 0 heterocycles. The number of benzene rings is 1. The Morgan fingerprint density at radius 3 is 2.33 bits per heavy atom. The summed E-state index contributed by atoms with van der Waals surface area (Å²) in [5, 5.41) is 18.7. The Hall–Kier alpha value is -2.35. The molecule has 0 radical (unpaired) electrons. The standard InChI is InChI=1S/C13H15N2O3/c1-13(2,3)18-12(16)15(17)11(9-14)10-7-5-4-6-8-10/h4-8,17H,1-3H3/q+1. The first kappa shape index (κ1) is 13.7. The molecule has 0 unspecified atom stereocenters. The van der Waals surface area contributed by atoms with E-state index in [4.69, 9.17) is 10.00 Å². The second-order valence-corrected chi connectivity index (χ2v) is 4.62. The molecule has 0 aliphatic carbocycles. The highest BCUT2D eigenvalue weighted by molar-refractivity contribution is 6.09. The van der Waals surface area contributed by atoms with Crippen LogP contribution < -0.4 is 0 Å². The van der Waals surface area contributed by atoms with Gasteiger partial charge in [0.15, 0.2) is 6.07 Å². The van der Waals surface area contributed by atoms with Gasteiger partial charge in [0.2, 0.25) is 0 Å². The Bertz CT molecular complexity index is 507. The van der Waals surface area contributed by atoms with Crippen LogP contribution in [-0.4, -0.2) is 27.4 Å². The lowest BCUT2D eigenvalue weighted by Gasteiger charge is -2.15. The van der Waals surface area contributed by atoms with Gasteiger partial charge in [-0.25, -0.2) is 0 Å². The van der Waals surface area contributed by atoms with Crippen LogP contribution in [0.5, 0.6) is 0 Å². The molecule has 1 aromatic rings. The van der Waals surface area contributed by atoms with E-state index in [9.17, 15) is 10.0 Å². The van der Waals surface area contributed by atoms with Crippen molar-refractivity contribution in [1.82, 2.24) is 0 Å². The second kappa shape index (κ2) is 5.32. The van der Waals surface area contributed by atoms with Gasteiger partial charge in [-0.1, -0.05) is 18.2 Å². The lowest BCUT2D eigenvalue weighted by Crippen LogP contribution is -2.32. The molecule has 0 saturated carbocycles. The second-order valence-electron chi connectivity index (χ2n) is 4.62. The first-order valence-corrected chi connectivity index (χ1v) is 5.39. The van der Waals surface area contributed by atoms with Gasteiger partial charge in [-0.15, -0.1) is 0 Å². The van der Waals surface area contributed by atoms with Crippen LogP contribution in [0.1, 0.15) is 26.3 Å². The van der Waals surface area contributed by atoms with Crippen LogP contribution in [-0.2, 0) is 4.74 Å². The molecule has 1 rings (SSSR count). The lowest BCUT2D eigenvalue weighted by molar-refractivity contribution is -0.708. The molecule has 5 nitrogen and oxygen atoms in total. The molecule has 0 fully saturated rings. The minimum absolute atomic E-state index is 0.176. The molecule has 0 bridgehead atoms. The van der Waals surface area contributed by atoms with Crippen LogP contribution in [0.25, 0.3) is 0 Å². The van der Waals surface area contributed by atoms with Crippen molar-refractivity contribution >= 4 is 11.8 Å². The van der Waals surface area contributed by atoms with Crippen LogP contribution in [0.15, 0.2) is 30.3 Å². The third-order valence-electron chi connectivity index (χ3n) is 1.93. The van der Waals surface area contributed by atoms with Crippen molar-refractivity contribution in [2.75, 3.05) is 0 Å². The smallest absolute Gasteiger partial charge is 0.403 e. The Labute approximate surface area is 106 Å². The number of rotatable bonds is 1. The summed E-state index contributed by atoms with van der Waals surface area (Å²) >= 11 is 0. The van der Waals surface area contributed by atoms with E-state index < -0.39 is 11.7 Å². The number of hydroxylamine groups is 1. The Kier molecular flexibility index (Phi) is 4.05. The number of amides is 1. The van der Waals surface area contributed by atoms with Crippen LogP contribution in [0, 0.1) is 11.3 Å². The third-order valence-corrected chi connectivity index (χ3v) is 1.93. The molecule has 0 saturated heterocycles. The number of ether oxygens (including phenoxy) is 1. The molecule has 0 aromatic heterocycles. The maximum atomic E-state index is 11.6. The fraction of sp³-hybridized carbons (Fsp3) is 0.308. The highest BCUT2D eigenvalue weighted by atomic mass is 16.6. The van der Waals surface area contributed by atoms with Crippen molar-refractivity contribution in [3.8, 4) is 6.07 Å². The molecule has 1 aromatic carbocycles. The van der Waals surface area contributed by atoms with Crippen LogP contribution in [0.4, 0.5) is 4.79 Å². The summed E-state index contributed by atoms with van der Waals surface area (Å²) in [7, 11) is 0. The minimum atomic E-state index is -0.983. The molecule has 0 aliphatic heterocycles. The van der Waals surface area contributed by atoms with Gasteiger partial charge in [-0.05, 0) is 32.9 Å². The molecule has 1 amide bonds. The lowest BCUT2D eigenvalue weighted by atomic mass is 10.1. The highest BCUT2D eigenvalue weighted by Crippen LogP contribution is 2.08. The van der Waals surface area contributed by atoms with Crippen molar-refractivity contribution in [2.24, 2.45) is 0 Å². The molecular formula is C13H15N2O3+. The van der Waals surface area contributed by atoms with Gasteiger partial charge in [0, 0.05) is 0 Å². The van der Waals surface area contributed by atoms with Crippen molar-refractivity contribution in [2.45, 2.75) is 26.4 Å².